The maximum absolute atomic E-state index is 12.3. The molecule has 1 fully saturated rings. The summed E-state index contributed by atoms with van der Waals surface area (Å²) in [5.74, 6) is -1.73. The molecule has 0 spiro atoms. The van der Waals surface area contributed by atoms with Crippen LogP contribution in [0, 0.1) is 0 Å². The molecular formula is C16H12N2O4S2. The number of thioether (sulfide) groups is 1. The molecule has 1 aromatic heterocycles. The molecule has 1 saturated heterocycles. The van der Waals surface area contributed by atoms with Crippen LogP contribution in [0.3, 0.4) is 0 Å². The summed E-state index contributed by atoms with van der Waals surface area (Å²) >= 11 is 2.77. The molecule has 2 heterocycles. The Morgan fingerprint density at radius 1 is 1.33 bits per heavy atom. The summed E-state index contributed by atoms with van der Waals surface area (Å²) in [5, 5.41) is 21.0. The fourth-order valence-electron chi connectivity index (χ4n) is 2.04. The molecule has 1 aliphatic rings. The van der Waals surface area contributed by atoms with Gasteiger partial charge in [-0.15, -0.1) is 11.3 Å². The molecule has 1 amide bonds. The van der Waals surface area contributed by atoms with Gasteiger partial charge in [-0.3, -0.25) is 9.69 Å². The number of hydrogen-bond acceptors (Lipinski definition) is 6. The molecule has 0 saturated carbocycles. The van der Waals surface area contributed by atoms with Crippen molar-refractivity contribution in [2.75, 3.05) is 7.05 Å². The topological polar surface area (TPSA) is 90.2 Å². The number of carboxylic acid groups (broad SMARTS) is 1. The lowest BCUT2D eigenvalue weighted by molar-refractivity contribution is -0.121. The fourth-order valence-corrected chi connectivity index (χ4v) is 3.74. The van der Waals surface area contributed by atoms with E-state index in [0.717, 1.165) is 4.88 Å². The average Bonchev–Trinajstić information content (AvgIpc) is 3.12. The second-order valence-electron chi connectivity index (χ2n) is 4.89. The third-order valence-electron chi connectivity index (χ3n) is 3.26. The van der Waals surface area contributed by atoms with Crippen LogP contribution in [-0.4, -0.2) is 39.2 Å². The molecule has 1 aromatic carbocycles. The highest BCUT2D eigenvalue weighted by atomic mass is 32.2. The Kier molecular flexibility index (Phi) is 4.41. The fraction of sp³-hybridized carbons (Fsp3) is 0.0625. The number of rotatable bonds is 3. The van der Waals surface area contributed by atoms with Crippen LogP contribution in [0.5, 0.6) is 5.75 Å². The minimum absolute atomic E-state index is 0.154. The molecule has 3 rings (SSSR count). The molecule has 0 radical (unpaired) electrons. The number of carbonyl (C=O) groups is 2. The SMILES string of the molecule is CN1C(=O)/C(=C/c2cccs2)SC1=Nc1ccc(C(=O)O)c(O)c1. The van der Waals surface area contributed by atoms with E-state index in [-0.39, 0.29) is 17.2 Å². The number of carbonyl (C=O) groups excluding carboxylic acids is 1. The minimum Gasteiger partial charge on any atom is -0.507 e. The minimum atomic E-state index is -1.21. The first-order valence-electron chi connectivity index (χ1n) is 6.82. The van der Waals surface area contributed by atoms with E-state index in [9.17, 15) is 14.7 Å². The number of amides is 1. The molecule has 122 valence electrons. The number of likely N-dealkylation sites (N-methyl/N-ethyl adjacent to an activating group) is 1. The van der Waals surface area contributed by atoms with E-state index in [1.807, 2.05) is 23.6 Å². The Bertz CT molecular complexity index is 872. The number of aromatic carboxylic acids is 1. The van der Waals surface area contributed by atoms with Gasteiger partial charge in [0.1, 0.15) is 11.3 Å². The molecule has 1 aliphatic heterocycles. The van der Waals surface area contributed by atoms with Crippen LogP contribution in [0.15, 0.2) is 45.6 Å². The number of aliphatic imine (C=N–C) groups is 1. The monoisotopic (exact) mass is 360 g/mol. The number of thiophene rings is 1. The van der Waals surface area contributed by atoms with Gasteiger partial charge in [-0.2, -0.15) is 0 Å². The van der Waals surface area contributed by atoms with Crippen LogP contribution in [-0.2, 0) is 4.79 Å². The predicted octanol–water partition coefficient (Wildman–Crippen LogP) is 3.39. The van der Waals surface area contributed by atoms with Crippen molar-refractivity contribution in [3.05, 3.63) is 51.1 Å². The highest BCUT2D eigenvalue weighted by molar-refractivity contribution is 8.18. The van der Waals surface area contributed by atoms with Crippen molar-refractivity contribution in [2.45, 2.75) is 0 Å². The Balaban J connectivity index is 1.90. The molecule has 8 heteroatoms. The van der Waals surface area contributed by atoms with Crippen LogP contribution < -0.4 is 0 Å². The van der Waals surface area contributed by atoms with E-state index in [1.54, 1.807) is 7.05 Å². The summed E-state index contributed by atoms with van der Waals surface area (Å²) in [5.41, 5.74) is 0.178. The number of amidine groups is 1. The highest BCUT2D eigenvalue weighted by Gasteiger charge is 2.30. The summed E-state index contributed by atoms with van der Waals surface area (Å²) in [4.78, 5) is 30.5. The van der Waals surface area contributed by atoms with Gasteiger partial charge in [0.25, 0.3) is 5.91 Å². The van der Waals surface area contributed by atoms with Gasteiger partial charge in [0.15, 0.2) is 5.17 Å². The number of nitrogens with zero attached hydrogens (tertiary/aromatic N) is 2. The zero-order valence-corrected chi connectivity index (χ0v) is 14.1. The molecule has 6 nitrogen and oxygen atoms in total. The van der Waals surface area contributed by atoms with Crippen molar-refractivity contribution in [3.8, 4) is 5.75 Å². The summed E-state index contributed by atoms with van der Waals surface area (Å²) in [6.07, 6.45) is 1.81. The van der Waals surface area contributed by atoms with Crippen molar-refractivity contribution < 1.29 is 19.8 Å². The van der Waals surface area contributed by atoms with Gasteiger partial charge < -0.3 is 10.2 Å². The van der Waals surface area contributed by atoms with Gasteiger partial charge in [0, 0.05) is 18.0 Å². The third kappa shape index (κ3) is 3.19. The molecule has 0 unspecified atom stereocenters. The number of aromatic hydroxyl groups is 1. The Labute approximate surface area is 145 Å². The van der Waals surface area contributed by atoms with Crippen LogP contribution in [0.4, 0.5) is 5.69 Å². The van der Waals surface area contributed by atoms with E-state index >= 15 is 0 Å². The first-order chi connectivity index (χ1) is 11.5. The van der Waals surface area contributed by atoms with Crippen molar-refractivity contribution in [3.63, 3.8) is 0 Å². The average molecular weight is 360 g/mol. The van der Waals surface area contributed by atoms with Gasteiger partial charge in [0.05, 0.1) is 10.6 Å². The van der Waals surface area contributed by atoms with Gasteiger partial charge in [-0.05, 0) is 41.4 Å². The van der Waals surface area contributed by atoms with Gasteiger partial charge in [-0.25, -0.2) is 9.79 Å². The smallest absolute Gasteiger partial charge is 0.339 e. The van der Waals surface area contributed by atoms with Crippen LogP contribution in [0.1, 0.15) is 15.2 Å². The van der Waals surface area contributed by atoms with Crippen LogP contribution in [0.2, 0.25) is 0 Å². The van der Waals surface area contributed by atoms with Crippen molar-refractivity contribution in [1.29, 1.82) is 0 Å². The molecule has 0 aliphatic carbocycles. The second-order valence-corrected chi connectivity index (χ2v) is 6.88. The first kappa shape index (κ1) is 16.3. The predicted molar refractivity (Wildman–Crippen MR) is 94.8 cm³/mol. The van der Waals surface area contributed by atoms with Gasteiger partial charge in [-0.1, -0.05) is 6.07 Å². The highest BCUT2D eigenvalue weighted by Crippen LogP contribution is 2.34. The normalized spacial score (nSPS) is 17.9. The number of hydrogen-bond donors (Lipinski definition) is 2. The molecule has 2 aromatic rings. The van der Waals surface area contributed by atoms with Gasteiger partial charge in [0.2, 0.25) is 0 Å². The number of phenols is 1. The maximum Gasteiger partial charge on any atom is 0.339 e. The quantitative estimate of drug-likeness (QED) is 0.819. The molecule has 0 bridgehead atoms. The summed E-state index contributed by atoms with van der Waals surface area (Å²) in [7, 11) is 1.62. The zero-order chi connectivity index (χ0) is 17.3. The van der Waals surface area contributed by atoms with Crippen molar-refractivity contribution >= 4 is 51.9 Å². The Hall–Kier alpha value is -2.58. The lowest BCUT2D eigenvalue weighted by atomic mass is 10.2. The third-order valence-corrected chi connectivity index (χ3v) is 5.14. The Morgan fingerprint density at radius 2 is 2.12 bits per heavy atom. The van der Waals surface area contributed by atoms with E-state index < -0.39 is 5.97 Å². The summed E-state index contributed by atoms with van der Waals surface area (Å²) in [6, 6.07) is 7.85. The largest absolute Gasteiger partial charge is 0.507 e. The number of carboxylic acids is 1. The number of benzene rings is 1. The van der Waals surface area contributed by atoms with E-state index in [2.05, 4.69) is 4.99 Å². The summed E-state index contributed by atoms with van der Waals surface area (Å²) in [6.45, 7) is 0. The van der Waals surface area contributed by atoms with Gasteiger partial charge >= 0.3 is 5.97 Å². The molecule has 24 heavy (non-hydrogen) atoms. The standard InChI is InChI=1S/C16H12N2O4S2/c1-18-14(20)13(8-10-3-2-6-23-10)24-16(18)17-9-4-5-11(15(21)22)12(19)7-9/h2-8,19H,1H3,(H,21,22)/b13-8-,17-16?. The lowest BCUT2D eigenvalue weighted by Gasteiger charge is -2.07. The van der Waals surface area contributed by atoms with E-state index in [4.69, 9.17) is 5.11 Å². The van der Waals surface area contributed by atoms with Crippen LogP contribution in [0.25, 0.3) is 6.08 Å². The van der Waals surface area contributed by atoms with Crippen molar-refractivity contribution in [1.82, 2.24) is 4.90 Å². The first-order valence-corrected chi connectivity index (χ1v) is 8.51. The molecular weight excluding hydrogens is 348 g/mol. The zero-order valence-electron chi connectivity index (χ0n) is 12.5. The summed E-state index contributed by atoms with van der Waals surface area (Å²) < 4.78 is 0. The van der Waals surface area contributed by atoms with E-state index in [0.29, 0.717) is 15.8 Å². The van der Waals surface area contributed by atoms with E-state index in [1.165, 1.54) is 46.2 Å². The lowest BCUT2D eigenvalue weighted by Crippen LogP contribution is -2.23. The molecule has 2 N–H and O–H groups in total. The molecule has 0 atom stereocenters. The van der Waals surface area contributed by atoms with Crippen LogP contribution >= 0.6 is 23.1 Å². The van der Waals surface area contributed by atoms with Crippen molar-refractivity contribution in [2.24, 2.45) is 4.99 Å². The maximum atomic E-state index is 12.3. The second kappa shape index (κ2) is 6.50. The Morgan fingerprint density at radius 3 is 2.75 bits per heavy atom.